The van der Waals surface area contributed by atoms with Crippen LogP contribution < -0.4 is 5.32 Å². The SMILES string of the molecule is CN(C)C(=O)OCC1(c2ccc(Cl)c(Cl)c2)CCCNC1. The molecule has 1 aliphatic heterocycles. The van der Waals surface area contributed by atoms with Gasteiger partial charge in [-0.2, -0.15) is 0 Å². The molecule has 1 atom stereocenters. The first kappa shape index (κ1) is 16.4. The second-order valence-corrected chi connectivity index (χ2v) is 6.45. The zero-order valence-electron chi connectivity index (χ0n) is 12.3. The van der Waals surface area contributed by atoms with Crippen LogP contribution in [0.25, 0.3) is 0 Å². The molecular formula is C15H20Cl2N2O2. The molecular weight excluding hydrogens is 311 g/mol. The second kappa shape index (κ2) is 6.86. The summed E-state index contributed by atoms with van der Waals surface area (Å²) >= 11 is 12.1. The van der Waals surface area contributed by atoms with Gasteiger partial charge in [0.1, 0.15) is 6.61 Å². The van der Waals surface area contributed by atoms with E-state index in [2.05, 4.69) is 5.32 Å². The number of rotatable bonds is 3. The van der Waals surface area contributed by atoms with Crippen molar-refractivity contribution in [2.75, 3.05) is 33.8 Å². The summed E-state index contributed by atoms with van der Waals surface area (Å²) in [6, 6.07) is 5.63. The molecule has 6 heteroatoms. The van der Waals surface area contributed by atoms with Gasteiger partial charge in [-0.25, -0.2) is 4.79 Å². The zero-order chi connectivity index (χ0) is 15.5. The summed E-state index contributed by atoms with van der Waals surface area (Å²) in [5, 5.41) is 4.44. The predicted molar refractivity (Wildman–Crippen MR) is 85.3 cm³/mol. The monoisotopic (exact) mass is 330 g/mol. The lowest BCUT2D eigenvalue weighted by Gasteiger charge is -2.38. The molecule has 0 aromatic heterocycles. The Kier molecular flexibility index (Phi) is 5.36. The zero-order valence-corrected chi connectivity index (χ0v) is 13.8. The maximum Gasteiger partial charge on any atom is 0.409 e. The quantitative estimate of drug-likeness (QED) is 0.924. The summed E-state index contributed by atoms with van der Waals surface area (Å²) in [4.78, 5) is 13.1. The Labute approximate surface area is 135 Å². The minimum atomic E-state index is -0.333. The van der Waals surface area contributed by atoms with E-state index in [1.54, 1.807) is 20.2 Å². The van der Waals surface area contributed by atoms with E-state index in [9.17, 15) is 4.79 Å². The number of hydrogen-bond acceptors (Lipinski definition) is 3. The third-order valence-electron chi connectivity index (χ3n) is 3.84. The number of piperidine rings is 1. The number of carbonyl (C=O) groups excluding carboxylic acids is 1. The fraction of sp³-hybridized carbons (Fsp3) is 0.533. The Morgan fingerprint density at radius 1 is 1.38 bits per heavy atom. The van der Waals surface area contributed by atoms with Gasteiger partial charge in [0.05, 0.1) is 10.0 Å². The lowest BCUT2D eigenvalue weighted by atomic mass is 9.75. The van der Waals surface area contributed by atoms with Crippen LogP contribution in [-0.4, -0.2) is 44.8 Å². The molecule has 0 aliphatic carbocycles. The van der Waals surface area contributed by atoms with Crippen LogP contribution in [0.2, 0.25) is 10.0 Å². The van der Waals surface area contributed by atoms with Crippen molar-refractivity contribution in [1.82, 2.24) is 10.2 Å². The maximum absolute atomic E-state index is 11.7. The third-order valence-corrected chi connectivity index (χ3v) is 4.58. The highest BCUT2D eigenvalue weighted by Gasteiger charge is 2.36. The number of ether oxygens (including phenoxy) is 1. The fourth-order valence-electron chi connectivity index (χ4n) is 2.58. The lowest BCUT2D eigenvalue weighted by molar-refractivity contribution is 0.0828. The number of benzene rings is 1. The van der Waals surface area contributed by atoms with E-state index in [0.29, 0.717) is 16.7 Å². The van der Waals surface area contributed by atoms with Crippen LogP contribution in [0.4, 0.5) is 4.79 Å². The summed E-state index contributed by atoms with van der Waals surface area (Å²) in [7, 11) is 3.35. The number of nitrogens with zero attached hydrogens (tertiary/aromatic N) is 1. The molecule has 1 unspecified atom stereocenters. The summed E-state index contributed by atoms with van der Waals surface area (Å²) in [6.07, 6.45) is 1.64. The van der Waals surface area contributed by atoms with Gasteiger partial charge in [0.15, 0.2) is 0 Å². The molecule has 116 valence electrons. The van der Waals surface area contributed by atoms with Crippen LogP contribution >= 0.6 is 23.2 Å². The first-order chi connectivity index (χ1) is 9.94. The average molecular weight is 331 g/mol. The van der Waals surface area contributed by atoms with Crippen LogP contribution in [0, 0.1) is 0 Å². The highest BCUT2D eigenvalue weighted by molar-refractivity contribution is 6.42. The van der Waals surface area contributed by atoms with Crippen LogP contribution in [0.1, 0.15) is 18.4 Å². The van der Waals surface area contributed by atoms with Crippen molar-refractivity contribution < 1.29 is 9.53 Å². The third kappa shape index (κ3) is 3.82. The topological polar surface area (TPSA) is 41.6 Å². The molecule has 0 saturated carbocycles. The highest BCUT2D eigenvalue weighted by atomic mass is 35.5. The van der Waals surface area contributed by atoms with Crippen molar-refractivity contribution in [2.24, 2.45) is 0 Å². The van der Waals surface area contributed by atoms with E-state index in [1.807, 2.05) is 12.1 Å². The summed E-state index contributed by atoms with van der Waals surface area (Å²) in [5.41, 5.74) is 0.800. The Balaban J connectivity index is 2.23. The Morgan fingerprint density at radius 3 is 2.71 bits per heavy atom. The van der Waals surface area contributed by atoms with Crippen molar-refractivity contribution in [3.63, 3.8) is 0 Å². The molecule has 4 nitrogen and oxygen atoms in total. The van der Waals surface area contributed by atoms with Crippen molar-refractivity contribution in [2.45, 2.75) is 18.3 Å². The van der Waals surface area contributed by atoms with Crippen molar-refractivity contribution in [3.8, 4) is 0 Å². The van der Waals surface area contributed by atoms with Gasteiger partial charge >= 0.3 is 6.09 Å². The predicted octanol–water partition coefficient (Wildman–Crippen LogP) is 3.31. The molecule has 2 rings (SSSR count). The first-order valence-corrected chi connectivity index (χ1v) is 7.70. The standard InChI is InChI=1S/C15H20Cl2N2O2/c1-19(2)14(20)21-10-15(6-3-7-18-9-15)11-4-5-12(16)13(17)8-11/h4-5,8,18H,3,6-7,9-10H2,1-2H3. The molecule has 1 heterocycles. The molecule has 21 heavy (non-hydrogen) atoms. The van der Waals surface area contributed by atoms with E-state index in [-0.39, 0.29) is 11.5 Å². The molecule has 0 spiro atoms. The summed E-state index contributed by atoms with van der Waals surface area (Å²) < 4.78 is 5.44. The second-order valence-electron chi connectivity index (χ2n) is 5.64. The number of hydrogen-bond donors (Lipinski definition) is 1. The molecule has 1 amide bonds. The van der Waals surface area contributed by atoms with Crippen LogP contribution in [0.15, 0.2) is 18.2 Å². The molecule has 1 aliphatic rings. The Bertz CT molecular complexity index is 514. The number of halogens is 2. The van der Waals surface area contributed by atoms with Gasteiger partial charge < -0.3 is 15.0 Å². The van der Waals surface area contributed by atoms with Gasteiger partial charge in [-0.3, -0.25) is 0 Å². The molecule has 1 aromatic carbocycles. The number of nitrogens with one attached hydrogen (secondary N) is 1. The Morgan fingerprint density at radius 2 is 2.14 bits per heavy atom. The fourth-order valence-corrected chi connectivity index (χ4v) is 2.87. The van der Waals surface area contributed by atoms with Crippen LogP contribution in [-0.2, 0) is 10.2 Å². The van der Waals surface area contributed by atoms with Gasteiger partial charge in [-0.1, -0.05) is 29.3 Å². The molecule has 1 fully saturated rings. The van der Waals surface area contributed by atoms with Crippen molar-refractivity contribution in [1.29, 1.82) is 0 Å². The molecule has 0 radical (unpaired) electrons. The summed E-state index contributed by atoms with van der Waals surface area (Å²) in [5.74, 6) is 0. The van der Waals surface area contributed by atoms with Gasteiger partial charge in [0.2, 0.25) is 0 Å². The van der Waals surface area contributed by atoms with Gasteiger partial charge in [-0.05, 0) is 37.1 Å². The largest absolute Gasteiger partial charge is 0.448 e. The minimum Gasteiger partial charge on any atom is -0.448 e. The molecule has 1 saturated heterocycles. The van der Waals surface area contributed by atoms with Crippen LogP contribution in [0.5, 0.6) is 0 Å². The van der Waals surface area contributed by atoms with E-state index in [1.165, 1.54) is 4.90 Å². The van der Waals surface area contributed by atoms with E-state index >= 15 is 0 Å². The smallest absolute Gasteiger partial charge is 0.409 e. The van der Waals surface area contributed by atoms with E-state index in [0.717, 1.165) is 31.5 Å². The van der Waals surface area contributed by atoms with E-state index < -0.39 is 0 Å². The van der Waals surface area contributed by atoms with Gasteiger partial charge in [0, 0.05) is 26.1 Å². The molecule has 1 aromatic rings. The first-order valence-electron chi connectivity index (χ1n) is 6.95. The number of amides is 1. The van der Waals surface area contributed by atoms with Crippen molar-refractivity contribution in [3.05, 3.63) is 33.8 Å². The van der Waals surface area contributed by atoms with Crippen LogP contribution in [0.3, 0.4) is 0 Å². The minimum absolute atomic E-state index is 0.252. The summed E-state index contributed by atoms with van der Waals surface area (Å²) in [6.45, 7) is 2.06. The maximum atomic E-state index is 11.7. The molecule has 1 N–H and O–H groups in total. The molecule has 0 bridgehead atoms. The van der Waals surface area contributed by atoms with Gasteiger partial charge in [0.25, 0.3) is 0 Å². The van der Waals surface area contributed by atoms with E-state index in [4.69, 9.17) is 27.9 Å². The normalized spacial score (nSPS) is 21.9. The van der Waals surface area contributed by atoms with Crippen molar-refractivity contribution >= 4 is 29.3 Å². The van der Waals surface area contributed by atoms with Gasteiger partial charge in [-0.15, -0.1) is 0 Å². The lowest BCUT2D eigenvalue weighted by Crippen LogP contribution is -2.47. The highest BCUT2D eigenvalue weighted by Crippen LogP contribution is 2.35. The average Bonchev–Trinajstić information content (AvgIpc) is 2.48. The Hall–Kier alpha value is -0.970. The number of carbonyl (C=O) groups is 1.